The van der Waals surface area contributed by atoms with Gasteiger partial charge in [0.1, 0.15) is 0 Å². The molecule has 2 aliphatic rings. The van der Waals surface area contributed by atoms with Crippen molar-refractivity contribution in [1.29, 1.82) is 0 Å². The van der Waals surface area contributed by atoms with Crippen molar-refractivity contribution >= 4 is 22.6 Å². The smallest absolute Gasteiger partial charge is 0.330 e. The van der Waals surface area contributed by atoms with Crippen molar-refractivity contribution in [1.82, 2.24) is 4.90 Å². The number of esters is 1. The third kappa shape index (κ3) is 3.35. The first kappa shape index (κ1) is 18.5. The van der Waals surface area contributed by atoms with E-state index < -0.39 is 0 Å². The number of amides is 1. The van der Waals surface area contributed by atoms with Crippen LogP contribution in [0.5, 0.6) is 0 Å². The summed E-state index contributed by atoms with van der Waals surface area (Å²) in [5.74, 6) is -0.206. The number of likely N-dealkylation sites (tertiary alicyclic amines) is 1. The molecule has 0 bridgehead atoms. The minimum absolute atomic E-state index is 0.151. The third-order valence-electron chi connectivity index (χ3n) is 5.94. The molecule has 1 fully saturated rings. The van der Waals surface area contributed by atoms with Crippen molar-refractivity contribution in [2.45, 2.75) is 39.2 Å². The van der Waals surface area contributed by atoms with Crippen molar-refractivity contribution in [2.75, 3.05) is 7.11 Å². The monoisotopic (exact) mass is 375 g/mol. The molecule has 1 unspecified atom stereocenters. The van der Waals surface area contributed by atoms with Crippen LogP contribution in [0, 0.1) is 5.41 Å². The molecule has 0 radical (unpaired) electrons. The predicted octanol–water partition coefficient (Wildman–Crippen LogP) is 4.75. The van der Waals surface area contributed by atoms with Crippen LogP contribution in [-0.2, 0) is 20.9 Å². The molecule has 1 aliphatic heterocycles. The number of hydrogen-bond acceptors (Lipinski definition) is 3. The molecule has 4 heteroatoms. The topological polar surface area (TPSA) is 46.6 Å². The standard InChI is InChI=1S/C24H25NO3/c1-24-13-5-8-19(11-12-22(27)28-2)23(24)25(21(26)15-24)16-17-9-10-18-6-3-4-7-20(18)14-17/h3-4,6-7,9-12,14H,5,8,13,15-16H2,1-2H3/b12-11+. The number of hydrogen-bond donors (Lipinski definition) is 0. The van der Waals surface area contributed by atoms with Crippen LogP contribution in [0.3, 0.4) is 0 Å². The summed E-state index contributed by atoms with van der Waals surface area (Å²) in [6.45, 7) is 2.73. The Morgan fingerprint density at radius 2 is 2.00 bits per heavy atom. The summed E-state index contributed by atoms with van der Waals surface area (Å²) in [6.07, 6.45) is 6.73. The first-order chi connectivity index (χ1) is 13.5. The third-order valence-corrected chi connectivity index (χ3v) is 5.94. The van der Waals surface area contributed by atoms with E-state index in [-0.39, 0.29) is 17.3 Å². The Balaban J connectivity index is 1.71. The van der Waals surface area contributed by atoms with E-state index in [0.29, 0.717) is 13.0 Å². The summed E-state index contributed by atoms with van der Waals surface area (Å²) >= 11 is 0. The highest BCUT2D eigenvalue weighted by Crippen LogP contribution is 2.50. The Bertz CT molecular complexity index is 1000. The van der Waals surface area contributed by atoms with Crippen LogP contribution in [0.4, 0.5) is 0 Å². The fourth-order valence-electron chi connectivity index (χ4n) is 4.60. The Hall–Kier alpha value is -2.88. The van der Waals surface area contributed by atoms with E-state index in [1.807, 2.05) is 23.1 Å². The Labute approximate surface area is 165 Å². The van der Waals surface area contributed by atoms with Crippen LogP contribution < -0.4 is 0 Å². The highest BCUT2D eigenvalue weighted by Gasteiger charge is 2.46. The molecule has 4 nitrogen and oxygen atoms in total. The molecular weight excluding hydrogens is 350 g/mol. The van der Waals surface area contributed by atoms with Gasteiger partial charge in [-0.2, -0.15) is 0 Å². The molecule has 1 saturated heterocycles. The number of benzene rings is 2. The zero-order valence-electron chi connectivity index (χ0n) is 16.4. The second-order valence-corrected chi connectivity index (χ2v) is 7.98. The van der Waals surface area contributed by atoms with Gasteiger partial charge in [0, 0.05) is 23.6 Å². The predicted molar refractivity (Wildman–Crippen MR) is 109 cm³/mol. The van der Waals surface area contributed by atoms with Gasteiger partial charge in [0.25, 0.3) is 0 Å². The number of ether oxygens (including phenoxy) is 1. The number of methoxy groups -OCH3 is 1. The Morgan fingerprint density at radius 1 is 1.21 bits per heavy atom. The average molecular weight is 375 g/mol. The minimum atomic E-state index is -0.370. The van der Waals surface area contributed by atoms with Crippen LogP contribution in [0.1, 0.15) is 38.2 Å². The molecule has 0 N–H and O–H groups in total. The van der Waals surface area contributed by atoms with E-state index >= 15 is 0 Å². The molecule has 1 heterocycles. The van der Waals surface area contributed by atoms with Crippen LogP contribution in [-0.4, -0.2) is 23.9 Å². The van der Waals surface area contributed by atoms with Gasteiger partial charge in [-0.1, -0.05) is 49.4 Å². The lowest BCUT2D eigenvalue weighted by Crippen LogP contribution is -2.28. The van der Waals surface area contributed by atoms with Crippen molar-refractivity contribution in [3.05, 3.63) is 71.5 Å². The molecule has 0 spiro atoms. The van der Waals surface area contributed by atoms with Gasteiger partial charge in [0.05, 0.1) is 13.7 Å². The fourth-order valence-corrected chi connectivity index (χ4v) is 4.60. The highest BCUT2D eigenvalue weighted by atomic mass is 16.5. The number of carbonyl (C=O) groups excluding carboxylic acids is 2. The molecule has 0 aromatic heterocycles. The number of nitrogens with zero attached hydrogens (tertiary/aromatic N) is 1. The number of rotatable bonds is 4. The van der Waals surface area contributed by atoms with Gasteiger partial charge in [0.15, 0.2) is 0 Å². The van der Waals surface area contributed by atoms with Gasteiger partial charge in [0.2, 0.25) is 5.91 Å². The van der Waals surface area contributed by atoms with Gasteiger partial charge in [-0.15, -0.1) is 0 Å². The maximum Gasteiger partial charge on any atom is 0.330 e. The zero-order chi connectivity index (χ0) is 19.7. The first-order valence-electron chi connectivity index (χ1n) is 9.78. The van der Waals surface area contributed by atoms with Crippen molar-refractivity contribution < 1.29 is 14.3 Å². The van der Waals surface area contributed by atoms with Gasteiger partial charge >= 0.3 is 5.97 Å². The van der Waals surface area contributed by atoms with E-state index in [0.717, 1.165) is 36.1 Å². The van der Waals surface area contributed by atoms with E-state index in [9.17, 15) is 9.59 Å². The summed E-state index contributed by atoms with van der Waals surface area (Å²) in [6, 6.07) is 14.6. The summed E-state index contributed by atoms with van der Waals surface area (Å²) in [4.78, 5) is 26.4. The second kappa shape index (κ2) is 7.27. The number of fused-ring (bicyclic) bond motifs is 2. The molecule has 28 heavy (non-hydrogen) atoms. The first-order valence-corrected chi connectivity index (χ1v) is 9.78. The lowest BCUT2D eigenvalue weighted by molar-refractivity contribution is -0.134. The van der Waals surface area contributed by atoms with Crippen LogP contribution in [0.25, 0.3) is 10.8 Å². The Morgan fingerprint density at radius 3 is 2.79 bits per heavy atom. The maximum absolute atomic E-state index is 12.9. The second-order valence-electron chi connectivity index (χ2n) is 7.98. The summed E-state index contributed by atoms with van der Waals surface area (Å²) in [5.41, 5.74) is 3.12. The van der Waals surface area contributed by atoms with Crippen LogP contribution in [0.2, 0.25) is 0 Å². The van der Waals surface area contributed by atoms with E-state index in [1.165, 1.54) is 24.0 Å². The fraction of sp³-hybridized carbons (Fsp3) is 0.333. The van der Waals surface area contributed by atoms with Gasteiger partial charge in [-0.05, 0) is 47.2 Å². The minimum Gasteiger partial charge on any atom is -0.466 e. The maximum atomic E-state index is 12.9. The average Bonchev–Trinajstić information content (AvgIpc) is 2.96. The molecule has 2 aromatic rings. The molecule has 1 amide bonds. The normalized spacial score (nSPS) is 22.2. The van der Waals surface area contributed by atoms with Gasteiger partial charge in [-0.25, -0.2) is 4.79 Å². The molecule has 144 valence electrons. The quantitative estimate of drug-likeness (QED) is 0.572. The van der Waals surface area contributed by atoms with Crippen molar-refractivity contribution in [3.63, 3.8) is 0 Å². The molecule has 2 aromatic carbocycles. The number of carbonyl (C=O) groups is 2. The molecule has 0 saturated carbocycles. The number of allylic oxidation sites excluding steroid dienone is 3. The molecule has 1 aliphatic carbocycles. The Kier molecular flexibility index (Phi) is 4.80. The largest absolute Gasteiger partial charge is 0.466 e. The SMILES string of the molecule is COC(=O)/C=C/C1=C2N(Cc3ccc4ccccc4c3)C(=O)CC2(C)CCC1. The van der Waals surface area contributed by atoms with E-state index in [1.54, 1.807) is 0 Å². The molecule has 1 atom stereocenters. The van der Waals surface area contributed by atoms with E-state index in [2.05, 4.69) is 37.3 Å². The zero-order valence-corrected chi connectivity index (χ0v) is 16.4. The highest BCUT2D eigenvalue weighted by molar-refractivity contribution is 5.86. The van der Waals surface area contributed by atoms with Gasteiger partial charge in [-0.3, -0.25) is 4.79 Å². The van der Waals surface area contributed by atoms with Crippen LogP contribution >= 0.6 is 0 Å². The van der Waals surface area contributed by atoms with Crippen molar-refractivity contribution in [2.24, 2.45) is 5.41 Å². The van der Waals surface area contributed by atoms with E-state index in [4.69, 9.17) is 4.74 Å². The van der Waals surface area contributed by atoms with Crippen LogP contribution in [0.15, 0.2) is 65.9 Å². The summed E-state index contributed by atoms with van der Waals surface area (Å²) < 4.78 is 4.73. The molecular formula is C24H25NO3. The lowest BCUT2D eigenvalue weighted by atomic mass is 9.74. The van der Waals surface area contributed by atoms with Crippen molar-refractivity contribution in [3.8, 4) is 0 Å². The molecule has 4 rings (SSSR count). The summed E-state index contributed by atoms with van der Waals surface area (Å²) in [7, 11) is 1.38. The summed E-state index contributed by atoms with van der Waals surface area (Å²) in [5, 5.41) is 2.38. The lowest BCUT2D eigenvalue weighted by Gasteiger charge is -2.34. The van der Waals surface area contributed by atoms with Gasteiger partial charge < -0.3 is 9.64 Å².